The third kappa shape index (κ3) is 3.72. The summed E-state index contributed by atoms with van der Waals surface area (Å²) >= 11 is 1.48. The van der Waals surface area contributed by atoms with Crippen LogP contribution < -0.4 is 10.9 Å². The third-order valence-electron chi connectivity index (χ3n) is 5.53. The third-order valence-corrected chi connectivity index (χ3v) is 6.37. The second-order valence-corrected chi connectivity index (χ2v) is 8.27. The quantitative estimate of drug-likeness (QED) is 0.907. The number of piperidine rings is 1. The Hall–Kier alpha value is -1.47. The maximum Gasteiger partial charge on any atom is 0.275 e. The summed E-state index contributed by atoms with van der Waals surface area (Å²) in [6, 6.07) is 2.77. The standard InChI is InChI=1S/C18H27N5OS/c1-2-13-11-16(24)23-18(20-13)25-17(21-23)19-14-7-6-10-22(12-14)15-8-4-3-5-9-15/h11,14-15H,2-10,12H2,1H3,(H,19,21). The Bertz CT molecular complexity index is 779. The van der Waals surface area contributed by atoms with Crippen LogP contribution in [0.25, 0.3) is 4.96 Å². The number of aromatic nitrogens is 3. The van der Waals surface area contributed by atoms with Crippen LogP contribution in [-0.4, -0.2) is 44.7 Å². The Morgan fingerprint density at radius 3 is 2.88 bits per heavy atom. The van der Waals surface area contributed by atoms with E-state index in [9.17, 15) is 4.79 Å². The first-order valence-corrected chi connectivity index (χ1v) is 10.4. The van der Waals surface area contributed by atoms with Gasteiger partial charge in [0, 0.05) is 30.4 Å². The summed E-state index contributed by atoms with van der Waals surface area (Å²) < 4.78 is 1.42. The minimum Gasteiger partial charge on any atom is -0.356 e. The first-order chi connectivity index (χ1) is 12.2. The lowest BCUT2D eigenvalue weighted by Gasteiger charge is -2.40. The summed E-state index contributed by atoms with van der Waals surface area (Å²) in [5, 5.41) is 8.83. The van der Waals surface area contributed by atoms with Crippen molar-refractivity contribution in [2.75, 3.05) is 18.4 Å². The van der Waals surface area contributed by atoms with Gasteiger partial charge in [-0.15, -0.1) is 5.10 Å². The molecule has 3 heterocycles. The lowest BCUT2D eigenvalue weighted by atomic mass is 9.92. The molecule has 6 nitrogen and oxygen atoms in total. The molecule has 1 saturated heterocycles. The zero-order valence-corrected chi connectivity index (χ0v) is 15.7. The molecule has 0 spiro atoms. The van der Waals surface area contributed by atoms with Crippen LogP contribution in [-0.2, 0) is 6.42 Å². The smallest absolute Gasteiger partial charge is 0.275 e. The highest BCUT2D eigenvalue weighted by Gasteiger charge is 2.27. The van der Waals surface area contributed by atoms with Crippen LogP contribution in [0, 0.1) is 0 Å². The molecule has 1 aliphatic heterocycles. The van der Waals surface area contributed by atoms with Crippen LogP contribution >= 0.6 is 11.3 Å². The normalized spacial score (nSPS) is 23.2. The lowest BCUT2D eigenvalue weighted by Crippen LogP contribution is -2.47. The highest BCUT2D eigenvalue weighted by atomic mass is 32.1. The zero-order chi connectivity index (χ0) is 17.2. The van der Waals surface area contributed by atoms with Crippen molar-refractivity contribution in [1.29, 1.82) is 0 Å². The monoisotopic (exact) mass is 361 g/mol. The van der Waals surface area contributed by atoms with E-state index < -0.39 is 0 Å². The van der Waals surface area contributed by atoms with E-state index in [-0.39, 0.29) is 5.56 Å². The average Bonchev–Trinajstić information content (AvgIpc) is 3.05. The second kappa shape index (κ2) is 7.41. The molecule has 1 atom stereocenters. The average molecular weight is 362 g/mol. The maximum absolute atomic E-state index is 12.2. The van der Waals surface area contributed by atoms with E-state index in [1.54, 1.807) is 6.07 Å². The van der Waals surface area contributed by atoms with E-state index in [4.69, 9.17) is 0 Å². The fraction of sp³-hybridized carbons (Fsp3) is 0.722. The van der Waals surface area contributed by atoms with Gasteiger partial charge in [-0.3, -0.25) is 9.69 Å². The van der Waals surface area contributed by atoms with Crippen LogP contribution in [0.1, 0.15) is 57.6 Å². The van der Waals surface area contributed by atoms with E-state index in [0.29, 0.717) is 11.0 Å². The molecule has 7 heteroatoms. The van der Waals surface area contributed by atoms with E-state index in [1.165, 1.54) is 67.3 Å². The number of nitrogens with zero attached hydrogens (tertiary/aromatic N) is 4. The van der Waals surface area contributed by atoms with Crippen molar-refractivity contribution in [2.45, 2.75) is 70.4 Å². The maximum atomic E-state index is 12.2. The van der Waals surface area contributed by atoms with Crippen LogP contribution in [0.5, 0.6) is 0 Å². The van der Waals surface area contributed by atoms with Gasteiger partial charge in [-0.2, -0.15) is 4.52 Å². The SMILES string of the molecule is CCc1cc(=O)n2nc(NC3CCCN(C4CCCCC4)C3)sc2n1. The van der Waals surface area contributed by atoms with Crippen molar-refractivity contribution >= 4 is 21.4 Å². The molecular weight excluding hydrogens is 334 g/mol. The minimum atomic E-state index is -0.0846. The molecule has 1 aliphatic carbocycles. The predicted molar refractivity (Wildman–Crippen MR) is 102 cm³/mol. The largest absolute Gasteiger partial charge is 0.356 e. The molecule has 2 aromatic heterocycles. The van der Waals surface area contributed by atoms with Crippen molar-refractivity contribution < 1.29 is 0 Å². The van der Waals surface area contributed by atoms with Crippen LogP contribution in [0.4, 0.5) is 5.13 Å². The van der Waals surface area contributed by atoms with Crippen molar-refractivity contribution in [3.8, 4) is 0 Å². The van der Waals surface area contributed by atoms with Crippen LogP contribution in [0.15, 0.2) is 10.9 Å². The molecule has 1 N–H and O–H groups in total. The summed E-state index contributed by atoms with van der Waals surface area (Å²) in [7, 11) is 0. The van der Waals surface area contributed by atoms with E-state index in [0.717, 1.165) is 29.8 Å². The molecule has 136 valence electrons. The fourth-order valence-electron chi connectivity index (χ4n) is 4.17. The van der Waals surface area contributed by atoms with Gasteiger partial charge in [0.1, 0.15) is 0 Å². The van der Waals surface area contributed by atoms with Gasteiger partial charge in [-0.1, -0.05) is 37.5 Å². The number of nitrogens with one attached hydrogen (secondary N) is 1. The molecule has 0 aromatic carbocycles. The molecule has 0 amide bonds. The number of fused-ring (bicyclic) bond motifs is 1. The van der Waals surface area contributed by atoms with Crippen LogP contribution in [0.2, 0.25) is 0 Å². The lowest BCUT2D eigenvalue weighted by molar-refractivity contribution is 0.124. The summed E-state index contributed by atoms with van der Waals surface area (Å²) in [5.74, 6) is 0. The molecule has 4 rings (SSSR count). The second-order valence-electron chi connectivity index (χ2n) is 7.31. The number of anilines is 1. The number of aryl methyl sites for hydroxylation is 1. The summed E-state index contributed by atoms with van der Waals surface area (Å²) in [4.78, 5) is 20.0. The van der Waals surface area contributed by atoms with Crippen molar-refractivity contribution in [1.82, 2.24) is 19.5 Å². The fourth-order valence-corrected chi connectivity index (χ4v) is 5.07. The van der Waals surface area contributed by atoms with Gasteiger partial charge in [-0.25, -0.2) is 4.98 Å². The molecule has 2 aliphatic rings. The Morgan fingerprint density at radius 1 is 1.24 bits per heavy atom. The van der Waals surface area contributed by atoms with E-state index >= 15 is 0 Å². The predicted octanol–water partition coefficient (Wildman–Crippen LogP) is 2.92. The van der Waals surface area contributed by atoms with E-state index in [2.05, 4.69) is 20.3 Å². The van der Waals surface area contributed by atoms with Gasteiger partial charge >= 0.3 is 0 Å². The number of rotatable bonds is 4. The molecule has 1 unspecified atom stereocenters. The summed E-state index contributed by atoms with van der Waals surface area (Å²) in [6.45, 7) is 4.33. The van der Waals surface area contributed by atoms with Gasteiger partial charge < -0.3 is 5.32 Å². The van der Waals surface area contributed by atoms with E-state index in [1.807, 2.05) is 6.92 Å². The first-order valence-electron chi connectivity index (χ1n) is 9.63. The highest BCUT2D eigenvalue weighted by molar-refractivity contribution is 7.20. The number of hydrogen-bond acceptors (Lipinski definition) is 6. The minimum absolute atomic E-state index is 0.0846. The topological polar surface area (TPSA) is 62.5 Å². The van der Waals surface area contributed by atoms with Gasteiger partial charge in [0.15, 0.2) is 0 Å². The first kappa shape index (κ1) is 17.0. The summed E-state index contributed by atoms with van der Waals surface area (Å²) in [5.41, 5.74) is 0.750. The van der Waals surface area contributed by atoms with Gasteiger partial charge in [-0.05, 0) is 38.6 Å². The van der Waals surface area contributed by atoms with Crippen molar-refractivity contribution in [2.24, 2.45) is 0 Å². The molecule has 1 saturated carbocycles. The number of likely N-dealkylation sites (tertiary alicyclic amines) is 1. The Morgan fingerprint density at radius 2 is 2.08 bits per heavy atom. The molecule has 25 heavy (non-hydrogen) atoms. The Labute approximate surface area is 152 Å². The Kier molecular flexibility index (Phi) is 5.03. The van der Waals surface area contributed by atoms with Gasteiger partial charge in [0.2, 0.25) is 10.1 Å². The number of hydrogen-bond donors (Lipinski definition) is 1. The van der Waals surface area contributed by atoms with Gasteiger partial charge in [0.05, 0.1) is 0 Å². The van der Waals surface area contributed by atoms with Crippen molar-refractivity contribution in [3.63, 3.8) is 0 Å². The van der Waals surface area contributed by atoms with Gasteiger partial charge in [0.25, 0.3) is 5.56 Å². The highest BCUT2D eigenvalue weighted by Crippen LogP contribution is 2.27. The summed E-state index contributed by atoms with van der Waals surface area (Å²) in [6.07, 6.45) is 10.0. The van der Waals surface area contributed by atoms with Crippen LogP contribution in [0.3, 0.4) is 0 Å². The molecule has 2 fully saturated rings. The molecule has 0 radical (unpaired) electrons. The molecule has 2 aromatic rings. The zero-order valence-electron chi connectivity index (χ0n) is 14.9. The molecule has 0 bridgehead atoms. The molecular formula is C18H27N5OS. The Balaban J connectivity index is 1.46. The van der Waals surface area contributed by atoms with Crippen molar-refractivity contribution in [3.05, 3.63) is 22.1 Å².